The van der Waals surface area contributed by atoms with Crippen molar-refractivity contribution in [3.05, 3.63) is 29.8 Å². The molecular weight excluding hydrogens is 272 g/mol. The van der Waals surface area contributed by atoms with Crippen LogP contribution in [0.4, 0.5) is 0 Å². The van der Waals surface area contributed by atoms with Gasteiger partial charge in [-0.3, -0.25) is 0 Å². The molecule has 4 nitrogen and oxygen atoms in total. The highest BCUT2D eigenvalue weighted by atomic mass is 32.2. The normalized spacial score (nSPS) is 31.4. The van der Waals surface area contributed by atoms with Gasteiger partial charge in [0, 0.05) is 12.1 Å². The van der Waals surface area contributed by atoms with Crippen LogP contribution in [0, 0.1) is 17.2 Å². The summed E-state index contributed by atoms with van der Waals surface area (Å²) < 4.78 is 24.2. The third-order valence-electron chi connectivity index (χ3n) is 4.40. The molecule has 1 aromatic carbocycles. The molecule has 1 heterocycles. The van der Waals surface area contributed by atoms with Gasteiger partial charge in [0.2, 0.25) is 0 Å². The summed E-state index contributed by atoms with van der Waals surface area (Å²) in [5, 5.41) is 12.7. The smallest absolute Gasteiger partial charge is 0.178 e. The molecule has 1 fully saturated rings. The van der Waals surface area contributed by atoms with E-state index in [0.29, 0.717) is 11.3 Å². The van der Waals surface area contributed by atoms with Crippen LogP contribution in [0.3, 0.4) is 0 Å². The van der Waals surface area contributed by atoms with Crippen molar-refractivity contribution in [1.29, 1.82) is 5.26 Å². The van der Waals surface area contributed by atoms with Crippen molar-refractivity contribution < 1.29 is 8.42 Å². The number of fused-ring (bicyclic) bond motifs is 1. The molecule has 0 amide bonds. The van der Waals surface area contributed by atoms with Crippen LogP contribution in [0.25, 0.3) is 0 Å². The van der Waals surface area contributed by atoms with Gasteiger partial charge in [-0.15, -0.1) is 0 Å². The third kappa shape index (κ3) is 2.34. The van der Waals surface area contributed by atoms with Crippen LogP contribution in [-0.4, -0.2) is 20.2 Å². The van der Waals surface area contributed by atoms with Gasteiger partial charge in [0.15, 0.2) is 9.84 Å². The SMILES string of the molecule is N#CC1CCCC1NC1CCS(=O)(=O)c2ccccc21. The van der Waals surface area contributed by atoms with Crippen molar-refractivity contribution in [3.63, 3.8) is 0 Å². The Morgan fingerprint density at radius 3 is 2.80 bits per heavy atom. The molecule has 0 bridgehead atoms. The first kappa shape index (κ1) is 13.6. The van der Waals surface area contributed by atoms with Gasteiger partial charge in [0.05, 0.1) is 22.6 Å². The van der Waals surface area contributed by atoms with E-state index >= 15 is 0 Å². The van der Waals surface area contributed by atoms with Crippen LogP contribution in [0.15, 0.2) is 29.2 Å². The lowest BCUT2D eigenvalue weighted by Crippen LogP contribution is -2.38. The number of sulfone groups is 1. The van der Waals surface area contributed by atoms with Crippen molar-refractivity contribution in [1.82, 2.24) is 5.32 Å². The van der Waals surface area contributed by atoms with Crippen molar-refractivity contribution in [3.8, 4) is 6.07 Å². The third-order valence-corrected chi connectivity index (χ3v) is 6.22. The molecule has 3 unspecified atom stereocenters. The van der Waals surface area contributed by atoms with Crippen LogP contribution >= 0.6 is 0 Å². The number of nitrogens with one attached hydrogen (secondary N) is 1. The Morgan fingerprint density at radius 1 is 1.20 bits per heavy atom. The van der Waals surface area contributed by atoms with E-state index in [1.807, 2.05) is 12.1 Å². The minimum absolute atomic E-state index is 0.0497. The zero-order valence-corrected chi connectivity index (χ0v) is 12.1. The van der Waals surface area contributed by atoms with E-state index in [1.165, 1.54) is 0 Å². The molecule has 3 atom stereocenters. The molecule has 0 radical (unpaired) electrons. The molecule has 5 heteroatoms. The fraction of sp³-hybridized carbons (Fsp3) is 0.533. The first-order valence-electron chi connectivity index (χ1n) is 7.09. The van der Waals surface area contributed by atoms with E-state index in [2.05, 4.69) is 11.4 Å². The maximum atomic E-state index is 12.1. The predicted octanol–water partition coefficient (Wildman–Crippen LogP) is 2.19. The van der Waals surface area contributed by atoms with Crippen LogP contribution in [0.1, 0.15) is 37.3 Å². The van der Waals surface area contributed by atoms with Gasteiger partial charge in [-0.1, -0.05) is 24.6 Å². The minimum Gasteiger partial charge on any atom is -0.306 e. The Kier molecular flexibility index (Phi) is 3.53. The van der Waals surface area contributed by atoms with Crippen molar-refractivity contribution in [2.24, 2.45) is 5.92 Å². The fourth-order valence-corrected chi connectivity index (χ4v) is 4.96. The Morgan fingerprint density at radius 2 is 2.00 bits per heavy atom. The van der Waals surface area contributed by atoms with E-state index in [-0.39, 0.29) is 23.8 Å². The quantitative estimate of drug-likeness (QED) is 0.906. The van der Waals surface area contributed by atoms with Crippen molar-refractivity contribution >= 4 is 9.84 Å². The summed E-state index contributed by atoms with van der Waals surface area (Å²) in [4.78, 5) is 0.454. The predicted molar refractivity (Wildman–Crippen MR) is 75.7 cm³/mol. The molecule has 0 spiro atoms. The Bertz CT molecular complexity index is 648. The lowest BCUT2D eigenvalue weighted by Gasteiger charge is -2.29. The van der Waals surface area contributed by atoms with Crippen LogP contribution in [-0.2, 0) is 9.84 Å². The molecule has 1 aromatic rings. The molecule has 0 saturated heterocycles. The molecule has 2 aliphatic rings. The Hall–Kier alpha value is -1.38. The van der Waals surface area contributed by atoms with Gasteiger partial charge in [-0.25, -0.2) is 8.42 Å². The zero-order chi connectivity index (χ0) is 14.2. The fourth-order valence-electron chi connectivity index (χ4n) is 3.34. The number of nitriles is 1. The largest absolute Gasteiger partial charge is 0.306 e. The lowest BCUT2D eigenvalue weighted by atomic mass is 9.99. The molecule has 106 valence electrons. The topological polar surface area (TPSA) is 70.0 Å². The van der Waals surface area contributed by atoms with E-state index in [9.17, 15) is 8.42 Å². The highest BCUT2D eigenvalue weighted by Crippen LogP contribution is 2.34. The average Bonchev–Trinajstić information content (AvgIpc) is 2.90. The van der Waals surface area contributed by atoms with Crippen LogP contribution in [0.2, 0.25) is 0 Å². The standard InChI is InChI=1S/C15H18N2O2S/c16-10-11-4-3-6-13(11)17-14-8-9-20(18,19)15-7-2-1-5-12(14)15/h1-2,5,7,11,13-14,17H,3-4,6,8-9H2. The molecule has 0 aromatic heterocycles. The van der Waals surface area contributed by atoms with Gasteiger partial charge in [0.25, 0.3) is 0 Å². The van der Waals surface area contributed by atoms with Gasteiger partial charge >= 0.3 is 0 Å². The summed E-state index contributed by atoms with van der Waals surface area (Å²) in [5.74, 6) is 0.242. The molecule has 1 N–H and O–H groups in total. The molecule has 3 rings (SSSR count). The zero-order valence-electron chi connectivity index (χ0n) is 11.2. The van der Waals surface area contributed by atoms with Crippen LogP contribution in [0.5, 0.6) is 0 Å². The highest BCUT2D eigenvalue weighted by Gasteiger charge is 2.34. The Balaban J connectivity index is 1.88. The van der Waals surface area contributed by atoms with Gasteiger partial charge < -0.3 is 5.32 Å². The molecule has 1 aliphatic heterocycles. The second-order valence-electron chi connectivity index (χ2n) is 5.64. The summed E-state index contributed by atoms with van der Waals surface area (Å²) >= 11 is 0. The maximum absolute atomic E-state index is 12.1. The number of nitrogens with zero attached hydrogens (tertiary/aromatic N) is 1. The summed E-state index contributed by atoms with van der Waals surface area (Å²) in [5.41, 5.74) is 0.863. The van der Waals surface area contributed by atoms with E-state index < -0.39 is 9.84 Å². The van der Waals surface area contributed by atoms with E-state index in [1.54, 1.807) is 12.1 Å². The number of hydrogen-bond donors (Lipinski definition) is 1. The van der Waals surface area contributed by atoms with E-state index in [4.69, 9.17) is 5.26 Å². The summed E-state index contributed by atoms with van der Waals surface area (Å²) in [6, 6.07) is 9.83. The van der Waals surface area contributed by atoms with Gasteiger partial charge in [-0.2, -0.15) is 5.26 Å². The molecule has 1 saturated carbocycles. The second-order valence-corrected chi connectivity index (χ2v) is 7.72. The van der Waals surface area contributed by atoms with Crippen LogP contribution < -0.4 is 5.32 Å². The first-order chi connectivity index (χ1) is 9.62. The maximum Gasteiger partial charge on any atom is 0.178 e. The second kappa shape index (κ2) is 5.19. The number of benzene rings is 1. The van der Waals surface area contributed by atoms with Crippen molar-refractivity contribution in [2.45, 2.75) is 42.7 Å². The molecule has 20 heavy (non-hydrogen) atoms. The minimum atomic E-state index is -3.13. The summed E-state index contributed by atoms with van der Waals surface area (Å²) in [7, 11) is -3.13. The van der Waals surface area contributed by atoms with Crippen molar-refractivity contribution in [2.75, 3.05) is 5.75 Å². The highest BCUT2D eigenvalue weighted by molar-refractivity contribution is 7.91. The van der Waals surface area contributed by atoms with Gasteiger partial charge in [0.1, 0.15) is 0 Å². The van der Waals surface area contributed by atoms with Gasteiger partial charge in [-0.05, 0) is 30.9 Å². The summed E-state index contributed by atoms with van der Waals surface area (Å²) in [6.45, 7) is 0. The summed E-state index contributed by atoms with van der Waals surface area (Å²) in [6.07, 6.45) is 3.61. The average molecular weight is 290 g/mol. The molecule has 1 aliphatic carbocycles. The first-order valence-corrected chi connectivity index (χ1v) is 8.74. The lowest BCUT2D eigenvalue weighted by molar-refractivity contribution is 0.386. The molecular formula is C15H18N2O2S. The van der Waals surface area contributed by atoms with E-state index in [0.717, 1.165) is 24.8 Å². The number of rotatable bonds is 2. The Labute approximate surface area is 119 Å². The number of hydrogen-bond acceptors (Lipinski definition) is 4. The monoisotopic (exact) mass is 290 g/mol.